The molecule has 0 atom stereocenters. The minimum absolute atomic E-state index is 0.189. The van der Waals surface area contributed by atoms with E-state index in [0.29, 0.717) is 30.1 Å². The highest BCUT2D eigenvalue weighted by atomic mass is 16.4. The summed E-state index contributed by atoms with van der Waals surface area (Å²) in [6.07, 6.45) is 8.05. The van der Waals surface area contributed by atoms with Crippen molar-refractivity contribution in [3.63, 3.8) is 0 Å². The van der Waals surface area contributed by atoms with Crippen molar-refractivity contribution in [3.8, 4) is 17.0 Å². The zero-order valence-electron chi connectivity index (χ0n) is 19.2. The second-order valence-corrected chi connectivity index (χ2v) is 8.74. The third-order valence-corrected chi connectivity index (χ3v) is 6.48. The minimum atomic E-state index is -1.00. The molecule has 1 fully saturated rings. The second-order valence-electron chi connectivity index (χ2n) is 8.74. The van der Waals surface area contributed by atoms with E-state index in [4.69, 9.17) is 5.11 Å². The predicted octanol–water partition coefficient (Wildman–Crippen LogP) is 3.70. The molecular formula is C25H27N7O3. The highest BCUT2D eigenvalue weighted by Crippen LogP contribution is 2.35. The van der Waals surface area contributed by atoms with E-state index >= 15 is 0 Å². The zero-order chi connectivity index (χ0) is 24.2. The van der Waals surface area contributed by atoms with Crippen LogP contribution in [0.1, 0.15) is 36.3 Å². The van der Waals surface area contributed by atoms with Crippen molar-refractivity contribution in [1.82, 2.24) is 30.5 Å². The number of aromatic amines is 1. The number of aromatic nitrogens is 5. The van der Waals surface area contributed by atoms with Crippen molar-refractivity contribution in [3.05, 3.63) is 60.0 Å². The highest BCUT2D eigenvalue weighted by Gasteiger charge is 2.25. The molecule has 1 saturated heterocycles. The lowest BCUT2D eigenvalue weighted by atomic mass is 9.89. The maximum absolute atomic E-state index is 10.5. The average molecular weight is 474 g/mol. The highest BCUT2D eigenvalue weighted by molar-refractivity contribution is 5.84. The Morgan fingerprint density at radius 1 is 1.14 bits per heavy atom. The fourth-order valence-electron chi connectivity index (χ4n) is 4.62. The van der Waals surface area contributed by atoms with Gasteiger partial charge < -0.3 is 25.4 Å². The molecule has 3 aromatic heterocycles. The first kappa shape index (κ1) is 22.6. The van der Waals surface area contributed by atoms with Gasteiger partial charge in [-0.2, -0.15) is 0 Å². The average Bonchev–Trinajstić information content (AvgIpc) is 3.31. The standard InChI is InChI=1S/C25H27N7O3/c33-22-6-2-1-5-18(22)21-12-19-20(15-27-23(19)31-30-21)17-7-10-32(11-8-17)24-28-13-16(14-29-24)4-3-9-26-25(34)35/h1-2,5-6,12-15,17,26,33H,3-4,7-11H2,(H,27,31)(H,34,35). The van der Waals surface area contributed by atoms with Gasteiger partial charge >= 0.3 is 6.09 Å². The summed E-state index contributed by atoms with van der Waals surface area (Å²) >= 11 is 0. The van der Waals surface area contributed by atoms with Gasteiger partial charge in [-0.05, 0) is 60.9 Å². The van der Waals surface area contributed by atoms with E-state index in [1.807, 2.05) is 36.8 Å². The molecule has 10 nitrogen and oxygen atoms in total. The summed E-state index contributed by atoms with van der Waals surface area (Å²) in [5.74, 6) is 1.29. The van der Waals surface area contributed by atoms with Gasteiger partial charge in [0.25, 0.3) is 0 Å². The van der Waals surface area contributed by atoms with Crippen LogP contribution in [0, 0.1) is 0 Å². The normalized spacial score (nSPS) is 14.3. The molecule has 4 heterocycles. The first-order valence-corrected chi connectivity index (χ1v) is 11.7. The maximum atomic E-state index is 10.5. The molecule has 1 aliphatic heterocycles. The minimum Gasteiger partial charge on any atom is -0.507 e. The lowest BCUT2D eigenvalue weighted by Gasteiger charge is -2.32. The van der Waals surface area contributed by atoms with Crippen LogP contribution in [0.5, 0.6) is 5.75 Å². The van der Waals surface area contributed by atoms with E-state index in [1.165, 1.54) is 5.56 Å². The van der Waals surface area contributed by atoms with Crippen molar-refractivity contribution < 1.29 is 15.0 Å². The first-order valence-electron chi connectivity index (χ1n) is 11.7. The number of hydrogen-bond acceptors (Lipinski definition) is 7. The van der Waals surface area contributed by atoms with Crippen molar-refractivity contribution in [2.45, 2.75) is 31.6 Å². The summed E-state index contributed by atoms with van der Waals surface area (Å²) in [6.45, 7) is 2.12. The summed E-state index contributed by atoms with van der Waals surface area (Å²) < 4.78 is 0. The van der Waals surface area contributed by atoms with E-state index < -0.39 is 6.09 Å². The molecule has 0 bridgehead atoms. The Kier molecular flexibility index (Phi) is 6.42. The fourth-order valence-corrected chi connectivity index (χ4v) is 4.62. The van der Waals surface area contributed by atoms with E-state index in [2.05, 4.69) is 35.4 Å². The number of rotatable bonds is 7. The second kappa shape index (κ2) is 9.96. The Bertz CT molecular complexity index is 1310. The van der Waals surface area contributed by atoms with E-state index in [9.17, 15) is 9.90 Å². The molecule has 35 heavy (non-hydrogen) atoms. The molecule has 10 heteroatoms. The van der Waals surface area contributed by atoms with Crippen molar-refractivity contribution in [2.24, 2.45) is 0 Å². The number of carboxylic acid groups (broad SMARTS) is 1. The van der Waals surface area contributed by atoms with Gasteiger partial charge in [0.15, 0.2) is 5.65 Å². The monoisotopic (exact) mass is 473 g/mol. The van der Waals surface area contributed by atoms with Crippen LogP contribution < -0.4 is 10.2 Å². The largest absolute Gasteiger partial charge is 0.507 e. The SMILES string of the molecule is O=C(O)NCCCc1cnc(N2CCC(c3c[nH]c4nnc(-c5ccccc5O)cc34)CC2)nc1. The van der Waals surface area contributed by atoms with Crippen molar-refractivity contribution >= 4 is 23.1 Å². The van der Waals surface area contributed by atoms with Crippen molar-refractivity contribution in [2.75, 3.05) is 24.5 Å². The van der Waals surface area contributed by atoms with Gasteiger partial charge in [-0.25, -0.2) is 14.8 Å². The van der Waals surface area contributed by atoms with Crippen molar-refractivity contribution in [1.29, 1.82) is 0 Å². The van der Waals surface area contributed by atoms with E-state index in [-0.39, 0.29) is 5.75 Å². The molecule has 180 valence electrons. The topological polar surface area (TPSA) is 140 Å². The maximum Gasteiger partial charge on any atom is 0.404 e. The number of piperidine rings is 1. The number of phenols is 1. The Morgan fingerprint density at radius 3 is 2.66 bits per heavy atom. The number of carbonyl (C=O) groups is 1. The van der Waals surface area contributed by atoms with E-state index in [1.54, 1.807) is 12.1 Å². The van der Waals surface area contributed by atoms with Gasteiger partial charge in [-0.1, -0.05) is 12.1 Å². The number of para-hydroxylation sites is 1. The summed E-state index contributed by atoms with van der Waals surface area (Å²) in [7, 11) is 0. The quantitative estimate of drug-likeness (QED) is 0.298. The van der Waals surface area contributed by atoms with E-state index in [0.717, 1.165) is 54.9 Å². The van der Waals surface area contributed by atoms with Crippen LogP contribution in [0.4, 0.5) is 10.7 Å². The Hall–Kier alpha value is -4.21. The number of nitrogens with zero attached hydrogens (tertiary/aromatic N) is 5. The Morgan fingerprint density at radius 2 is 1.91 bits per heavy atom. The number of amides is 1. The molecule has 0 unspecified atom stereocenters. The van der Waals surface area contributed by atoms with Gasteiger partial charge in [0.05, 0.1) is 5.69 Å². The molecule has 4 aromatic rings. The lowest BCUT2D eigenvalue weighted by molar-refractivity contribution is 0.194. The molecule has 0 spiro atoms. The van der Waals surface area contributed by atoms with Crippen LogP contribution >= 0.6 is 0 Å². The Labute approximate surface area is 202 Å². The number of phenolic OH excluding ortho intramolecular Hbond substituents is 1. The van der Waals surface area contributed by atoms with Crippen LogP contribution in [0.2, 0.25) is 0 Å². The van der Waals surface area contributed by atoms with Gasteiger partial charge in [0.1, 0.15) is 5.75 Å². The Balaban J connectivity index is 1.23. The predicted molar refractivity (Wildman–Crippen MR) is 132 cm³/mol. The van der Waals surface area contributed by atoms with Crippen LogP contribution in [-0.2, 0) is 6.42 Å². The summed E-state index contributed by atoms with van der Waals surface area (Å²) in [5, 5.41) is 30.9. The zero-order valence-corrected chi connectivity index (χ0v) is 19.2. The van der Waals surface area contributed by atoms with Crippen LogP contribution in [0.3, 0.4) is 0 Å². The molecule has 1 aliphatic rings. The van der Waals surface area contributed by atoms with Crippen LogP contribution in [0.15, 0.2) is 48.9 Å². The molecule has 5 rings (SSSR count). The summed E-state index contributed by atoms with van der Waals surface area (Å²) in [4.78, 5) is 25.0. The van der Waals surface area contributed by atoms with Crippen LogP contribution in [0.25, 0.3) is 22.3 Å². The number of nitrogens with one attached hydrogen (secondary N) is 2. The first-order chi connectivity index (χ1) is 17.1. The lowest BCUT2D eigenvalue weighted by Crippen LogP contribution is -2.34. The third-order valence-electron chi connectivity index (χ3n) is 6.48. The number of aryl methyl sites for hydroxylation is 1. The number of anilines is 1. The summed E-state index contributed by atoms with van der Waals surface area (Å²) in [6, 6.07) is 9.16. The van der Waals surface area contributed by atoms with Gasteiger partial charge in [-0.3, -0.25) is 0 Å². The molecule has 1 aromatic carbocycles. The van der Waals surface area contributed by atoms with Gasteiger partial charge in [-0.15, -0.1) is 10.2 Å². The smallest absolute Gasteiger partial charge is 0.404 e. The molecule has 4 N–H and O–H groups in total. The molecule has 0 radical (unpaired) electrons. The number of aromatic hydroxyl groups is 1. The third kappa shape index (κ3) is 5.01. The number of fused-ring (bicyclic) bond motifs is 1. The van der Waals surface area contributed by atoms with Gasteiger partial charge in [0.2, 0.25) is 5.95 Å². The molecule has 1 amide bonds. The fraction of sp³-hybridized carbons (Fsp3) is 0.320. The number of H-pyrrole nitrogens is 1. The summed E-state index contributed by atoms with van der Waals surface area (Å²) in [5.41, 5.74) is 4.29. The molecular weight excluding hydrogens is 446 g/mol. The number of hydrogen-bond donors (Lipinski definition) is 4. The number of benzene rings is 1. The molecule has 0 saturated carbocycles. The molecule has 0 aliphatic carbocycles. The van der Waals surface area contributed by atoms with Gasteiger partial charge in [0, 0.05) is 49.2 Å². The van der Waals surface area contributed by atoms with Crippen LogP contribution in [-0.4, -0.2) is 61.1 Å².